The number of ether oxygens (including phenoxy) is 1. The fourth-order valence-corrected chi connectivity index (χ4v) is 2.49. The Bertz CT molecular complexity index is 617. The van der Waals surface area contributed by atoms with E-state index in [0.717, 1.165) is 29.7 Å². The number of hydrogen-bond donors (Lipinski definition) is 1. The van der Waals surface area contributed by atoms with Crippen molar-refractivity contribution in [1.82, 2.24) is 5.32 Å². The molecule has 3 heteroatoms. The molecular weight excluding hydrogens is 286 g/mol. The normalized spacial score (nSPS) is 11.8. The Hall–Kier alpha value is -2.29. The molecule has 0 aromatic heterocycles. The Labute approximate surface area is 138 Å². The zero-order chi connectivity index (χ0) is 16.7. The van der Waals surface area contributed by atoms with Crippen LogP contribution in [0.5, 0.6) is 5.75 Å². The third-order valence-corrected chi connectivity index (χ3v) is 4.07. The zero-order valence-corrected chi connectivity index (χ0v) is 14.1. The molecule has 1 unspecified atom stereocenters. The van der Waals surface area contributed by atoms with Crippen LogP contribution in [0, 0.1) is 0 Å². The average Bonchev–Trinajstić information content (AvgIpc) is 2.60. The molecule has 1 N–H and O–H groups in total. The number of nitrogens with one attached hydrogen (secondary N) is 1. The quantitative estimate of drug-likeness (QED) is 0.837. The summed E-state index contributed by atoms with van der Waals surface area (Å²) in [4.78, 5) is 12.1. The van der Waals surface area contributed by atoms with Crippen molar-refractivity contribution < 1.29 is 9.53 Å². The highest BCUT2D eigenvalue weighted by molar-refractivity contribution is 5.76. The van der Waals surface area contributed by atoms with Gasteiger partial charge in [0.2, 0.25) is 5.91 Å². The highest BCUT2D eigenvalue weighted by Gasteiger charge is 2.09. The first-order valence-electron chi connectivity index (χ1n) is 8.13. The SMILES string of the molecule is CCc1ccc(C(C)NC(=O)CCc2ccc(OC)cc2)cc1. The van der Waals surface area contributed by atoms with Gasteiger partial charge in [-0.1, -0.05) is 43.3 Å². The van der Waals surface area contributed by atoms with E-state index in [0.29, 0.717) is 6.42 Å². The summed E-state index contributed by atoms with van der Waals surface area (Å²) < 4.78 is 5.13. The second kappa shape index (κ2) is 8.37. The van der Waals surface area contributed by atoms with E-state index in [2.05, 4.69) is 36.5 Å². The summed E-state index contributed by atoms with van der Waals surface area (Å²) in [7, 11) is 1.65. The van der Waals surface area contributed by atoms with E-state index in [4.69, 9.17) is 4.74 Å². The Kier molecular flexibility index (Phi) is 6.21. The Morgan fingerprint density at radius 2 is 1.65 bits per heavy atom. The molecule has 23 heavy (non-hydrogen) atoms. The van der Waals surface area contributed by atoms with Crippen molar-refractivity contribution >= 4 is 5.91 Å². The van der Waals surface area contributed by atoms with E-state index in [-0.39, 0.29) is 11.9 Å². The van der Waals surface area contributed by atoms with Crippen molar-refractivity contribution in [1.29, 1.82) is 0 Å². The van der Waals surface area contributed by atoms with Gasteiger partial charge in [0.15, 0.2) is 0 Å². The molecular formula is C20H25NO2. The van der Waals surface area contributed by atoms with Gasteiger partial charge in [-0.2, -0.15) is 0 Å². The van der Waals surface area contributed by atoms with E-state index in [1.807, 2.05) is 31.2 Å². The minimum Gasteiger partial charge on any atom is -0.497 e. The summed E-state index contributed by atoms with van der Waals surface area (Å²) in [6, 6.07) is 16.3. The van der Waals surface area contributed by atoms with Crippen LogP contribution in [0.2, 0.25) is 0 Å². The zero-order valence-electron chi connectivity index (χ0n) is 14.1. The van der Waals surface area contributed by atoms with Crippen molar-refractivity contribution in [2.75, 3.05) is 7.11 Å². The highest BCUT2D eigenvalue weighted by Crippen LogP contribution is 2.15. The lowest BCUT2D eigenvalue weighted by Crippen LogP contribution is -2.26. The van der Waals surface area contributed by atoms with E-state index in [9.17, 15) is 4.79 Å². The lowest BCUT2D eigenvalue weighted by atomic mass is 10.0. The maximum absolute atomic E-state index is 12.1. The molecule has 3 nitrogen and oxygen atoms in total. The van der Waals surface area contributed by atoms with Crippen LogP contribution in [0.15, 0.2) is 48.5 Å². The minimum absolute atomic E-state index is 0.0317. The summed E-state index contributed by atoms with van der Waals surface area (Å²) in [6.45, 7) is 4.16. The van der Waals surface area contributed by atoms with Crippen LogP contribution in [0.4, 0.5) is 0 Å². The van der Waals surface area contributed by atoms with Crippen molar-refractivity contribution in [3.05, 3.63) is 65.2 Å². The molecule has 1 amide bonds. The largest absolute Gasteiger partial charge is 0.497 e. The highest BCUT2D eigenvalue weighted by atomic mass is 16.5. The molecule has 0 saturated heterocycles. The maximum Gasteiger partial charge on any atom is 0.220 e. The lowest BCUT2D eigenvalue weighted by Gasteiger charge is -2.15. The molecule has 2 aromatic carbocycles. The first-order chi connectivity index (χ1) is 11.1. The third-order valence-electron chi connectivity index (χ3n) is 4.07. The van der Waals surface area contributed by atoms with Crippen LogP contribution < -0.4 is 10.1 Å². The lowest BCUT2D eigenvalue weighted by molar-refractivity contribution is -0.121. The smallest absolute Gasteiger partial charge is 0.220 e. The molecule has 2 rings (SSSR count). The van der Waals surface area contributed by atoms with Crippen molar-refractivity contribution in [3.63, 3.8) is 0 Å². The van der Waals surface area contributed by atoms with Crippen LogP contribution >= 0.6 is 0 Å². The summed E-state index contributed by atoms with van der Waals surface area (Å²) in [5.41, 5.74) is 3.59. The minimum atomic E-state index is 0.0317. The molecule has 1 atom stereocenters. The number of benzene rings is 2. The van der Waals surface area contributed by atoms with E-state index < -0.39 is 0 Å². The van der Waals surface area contributed by atoms with Crippen molar-refractivity contribution in [3.8, 4) is 5.75 Å². The molecule has 0 aliphatic heterocycles. The fraction of sp³-hybridized carbons (Fsp3) is 0.350. The number of carbonyl (C=O) groups is 1. The van der Waals surface area contributed by atoms with Gasteiger partial charge in [-0.15, -0.1) is 0 Å². The maximum atomic E-state index is 12.1. The standard InChI is InChI=1S/C20H25NO2/c1-4-16-5-10-18(11-6-16)15(2)21-20(22)14-9-17-7-12-19(23-3)13-8-17/h5-8,10-13,15H,4,9,14H2,1-3H3,(H,21,22). The number of amides is 1. The number of hydrogen-bond acceptors (Lipinski definition) is 2. The van der Waals surface area contributed by atoms with Gasteiger partial charge < -0.3 is 10.1 Å². The summed E-state index contributed by atoms with van der Waals surface area (Å²) in [5.74, 6) is 0.912. The van der Waals surface area contributed by atoms with E-state index in [1.54, 1.807) is 7.11 Å². The van der Waals surface area contributed by atoms with Crippen molar-refractivity contribution in [2.24, 2.45) is 0 Å². The van der Waals surface area contributed by atoms with Crippen LogP contribution in [0.25, 0.3) is 0 Å². The number of carbonyl (C=O) groups excluding carboxylic acids is 1. The Morgan fingerprint density at radius 1 is 1.04 bits per heavy atom. The van der Waals surface area contributed by atoms with Gasteiger partial charge in [-0.3, -0.25) is 4.79 Å². The monoisotopic (exact) mass is 311 g/mol. The molecule has 0 radical (unpaired) electrons. The molecule has 0 aliphatic rings. The summed E-state index contributed by atoms with van der Waals surface area (Å²) in [5, 5.41) is 3.06. The van der Waals surface area contributed by atoms with Gasteiger partial charge in [0.25, 0.3) is 0 Å². The fourth-order valence-electron chi connectivity index (χ4n) is 2.49. The third kappa shape index (κ3) is 5.13. The van der Waals surface area contributed by atoms with Crippen LogP contribution in [-0.4, -0.2) is 13.0 Å². The Balaban J connectivity index is 1.83. The van der Waals surface area contributed by atoms with Crippen LogP contribution in [0.3, 0.4) is 0 Å². The van der Waals surface area contributed by atoms with E-state index >= 15 is 0 Å². The molecule has 0 bridgehead atoms. The summed E-state index contributed by atoms with van der Waals surface area (Å²) in [6.07, 6.45) is 2.25. The topological polar surface area (TPSA) is 38.3 Å². The molecule has 0 heterocycles. The number of methoxy groups -OCH3 is 1. The van der Waals surface area contributed by atoms with Gasteiger partial charge in [0.05, 0.1) is 13.2 Å². The predicted molar refractivity (Wildman–Crippen MR) is 93.7 cm³/mol. The van der Waals surface area contributed by atoms with Crippen LogP contribution in [-0.2, 0) is 17.6 Å². The first-order valence-corrected chi connectivity index (χ1v) is 8.13. The molecule has 0 aliphatic carbocycles. The number of rotatable bonds is 7. The van der Waals surface area contributed by atoms with Gasteiger partial charge in [0, 0.05) is 6.42 Å². The molecule has 0 saturated carbocycles. The molecule has 2 aromatic rings. The number of aryl methyl sites for hydroxylation is 2. The molecule has 0 fully saturated rings. The average molecular weight is 311 g/mol. The predicted octanol–water partition coefficient (Wildman–Crippen LogP) is 4.07. The first kappa shape index (κ1) is 17.1. The molecule has 0 spiro atoms. The Morgan fingerprint density at radius 3 is 2.22 bits per heavy atom. The van der Waals surface area contributed by atoms with Gasteiger partial charge >= 0.3 is 0 Å². The van der Waals surface area contributed by atoms with Gasteiger partial charge in [0.1, 0.15) is 5.75 Å². The van der Waals surface area contributed by atoms with Crippen molar-refractivity contribution in [2.45, 2.75) is 39.2 Å². The second-order valence-electron chi connectivity index (χ2n) is 5.73. The van der Waals surface area contributed by atoms with Gasteiger partial charge in [-0.05, 0) is 48.6 Å². The van der Waals surface area contributed by atoms with E-state index in [1.165, 1.54) is 5.56 Å². The van der Waals surface area contributed by atoms with Crippen LogP contribution in [0.1, 0.15) is 43.0 Å². The van der Waals surface area contributed by atoms with Gasteiger partial charge in [-0.25, -0.2) is 0 Å². The summed E-state index contributed by atoms with van der Waals surface area (Å²) >= 11 is 0. The second-order valence-corrected chi connectivity index (χ2v) is 5.73. The molecule has 122 valence electrons.